The van der Waals surface area contributed by atoms with Gasteiger partial charge in [-0.25, -0.2) is 0 Å². The molecule has 1 aromatic rings. The van der Waals surface area contributed by atoms with Crippen LogP contribution in [-0.4, -0.2) is 23.4 Å². The van der Waals surface area contributed by atoms with E-state index in [1.54, 1.807) is 6.08 Å². The van der Waals surface area contributed by atoms with Crippen LogP contribution < -0.4 is 14.8 Å². The number of thiocarbonyl (C=S) groups is 1. The Morgan fingerprint density at radius 1 is 1.30 bits per heavy atom. The lowest BCUT2D eigenvalue weighted by molar-refractivity contribution is -0.115. The summed E-state index contributed by atoms with van der Waals surface area (Å²) in [6.45, 7) is 4.98. The number of hydrogen-bond acceptors (Lipinski definition) is 5. The maximum absolute atomic E-state index is 11.7. The van der Waals surface area contributed by atoms with Crippen LogP contribution in [0.1, 0.15) is 19.4 Å². The van der Waals surface area contributed by atoms with Gasteiger partial charge in [-0.3, -0.25) is 4.79 Å². The second-order valence-electron chi connectivity index (χ2n) is 3.92. The van der Waals surface area contributed by atoms with Crippen LogP contribution in [-0.2, 0) is 4.79 Å². The molecule has 1 heterocycles. The van der Waals surface area contributed by atoms with E-state index in [0.29, 0.717) is 28.2 Å². The number of benzene rings is 1. The van der Waals surface area contributed by atoms with E-state index in [9.17, 15) is 4.79 Å². The molecule has 0 aliphatic carbocycles. The van der Waals surface area contributed by atoms with Crippen molar-refractivity contribution in [2.24, 2.45) is 0 Å². The smallest absolute Gasteiger partial charge is 0.263 e. The molecule has 6 heteroatoms. The SMILES string of the molecule is CCOc1ccc(/C=C2/SC(=S)NC2=O)c(OCC)c1. The van der Waals surface area contributed by atoms with Crippen LogP contribution in [0.2, 0.25) is 0 Å². The minimum Gasteiger partial charge on any atom is -0.494 e. The van der Waals surface area contributed by atoms with Crippen molar-refractivity contribution in [3.05, 3.63) is 28.7 Å². The van der Waals surface area contributed by atoms with E-state index in [2.05, 4.69) is 5.32 Å². The standard InChI is InChI=1S/C14H15NO3S2/c1-3-17-10-6-5-9(11(8-10)18-4-2)7-12-13(16)15-14(19)20-12/h5-8H,3-4H2,1-2H3,(H,15,16,19)/b12-7+. The first-order chi connectivity index (χ1) is 9.63. The first-order valence-electron chi connectivity index (χ1n) is 6.28. The van der Waals surface area contributed by atoms with E-state index in [4.69, 9.17) is 21.7 Å². The zero-order chi connectivity index (χ0) is 14.5. The minimum absolute atomic E-state index is 0.170. The van der Waals surface area contributed by atoms with E-state index in [0.717, 1.165) is 11.3 Å². The van der Waals surface area contributed by atoms with E-state index < -0.39 is 0 Å². The molecule has 0 radical (unpaired) electrons. The minimum atomic E-state index is -0.170. The first kappa shape index (κ1) is 14.9. The van der Waals surface area contributed by atoms with Gasteiger partial charge < -0.3 is 14.8 Å². The van der Waals surface area contributed by atoms with Crippen molar-refractivity contribution in [3.8, 4) is 11.5 Å². The third-order valence-electron chi connectivity index (χ3n) is 2.52. The summed E-state index contributed by atoms with van der Waals surface area (Å²) in [5.41, 5.74) is 0.831. The zero-order valence-electron chi connectivity index (χ0n) is 11.3. The van der Waals surface area contributed by atoms with Gasteiger partial charge in [-0.05, 0) is 32.1 Å². The Morgan fingerprint density at radius 2 is 2.05 bits per heavy atom. The van der Waals surface area contributed by atoms with E-state index in [1.807, 2.05) is 32.0 Å². The largest absolute Gasteiger partial charge is 0.494 e. The van der Waals surface area contributed by atoms with Gasteiger partial charge in [0.1, 0.15) is 15.8 Å². The Morgan fingerprint density at radius 3 is 2.65 bits per heavy atom. The number of carbonyl (C=O) groups is 1. The van der Waals surface area contributed by atoms with Gasteiger partial charge in [0.2, 0.25) is 0 Å². The van der Waals surface area contributed by atoms with Gasteiger partial charge in [-0.1, -0.05) is 24.0 Å². The van der Waals surface area contributed by atoms with Gasteiger partial charge in [0.15, 0.2) is 0 Å². The van der Waals surface area contributed by atoms with Crippen LogP contribution in [0.3, 0.4) is 0 Å². The molecule has 2 rings (SSSR count). The van der Waals surface area contributed by atoms with Crippen LogP contribution >= 0.6 is 24.0 Å². The van der Waals surface area contributed by atoms with E-state index >= 15 is 0 Å². The molecule has 106 valence electrons. The van der Waals surface area contributed by atoms with Crippen LogP contribution in [0, 0.1) is 0 Å². The van der Waals surface area contributed by atoms with E-state index in [-0.39, 0.29) is 5.91 Å². The molecule has 1 N–H and O–H groups in total. The Hall–Kier alpha value is -1.53. The van der Waals surface area contributed by atoms with Crippen molar-refractivity contribution >= 4 is 40.3 Å². The monoisotopic (exact) mass is 309 g/mol. The van der Waals surface area contributed by atoms with Crippen molar-refractivity contribution < 1.29 is 14.3 Å². The van der Waals surface area contributed by atoms with Gasteiger partial charge >= 0.3 is 0 Å². The molecule has 0 unspecified atom stereocenters. The summed E-state index contributed by atoms with van der Waals surface area (Å²) in [5.74, 6) is 1.27. The summed E-state index contributed by atoms with van der Waals surface area (Å²) in [6.07, 6.45) is 1.78. The summed E-state index contributed by atoms with van der Waals surface area (Å²) < 4.78 is 11.5. The Bertz CT molecular complexity index is 570. The number of hydrogen-bond donors (Lipinski definition) is 1. The van der Waals surface area contributed by atoms with Crippen LogP contribution in [0.15, 0.2) is 23.1 Å². The molecule has 0 spiro atoms. The number of ether oxygens (including phenoxy) is 2. The number of nitrogens with one attached hydrogen (secondary N) is 1. The molecule has 1 saturated heterocycles. The van der Waals surface area contributed by atoms with Gasteiger partial charge in [0.25, 0.3) is 5.91 Å². The third-order valence-corrected chi connectivity index (χ3v) is 3.69. The fraction of sp³-hybridized carbons (Fsp3) is 0.286. The normalized spacial score (nSPS) is 16.4. The Labute approximate surface area is 127 Å². The summed E-state index contributed by atoms with van der Waals surface area (Å²) >= 11 is 6.22. The van der Waals surface area contributed by atoms with Gasteiger partial charge in [0, 0.05) is 11.6 Å². The second kappa shape index (κ2) is 6.76. The average molecular weight is 309 g/mol. The van der Waals surface area contributed by atoms with Gasteiger partial charge in [-0.15, -0.1) is 0 Å². The molecule has 1 aliphatic heterocycles. The average Bonchev–Trinajstić information content (AvgIpc) is 2.71. The molecule has 1 aliphatic rings. The maximum atomic E-state index is 11.7. The highest BCUT2D eigenvalue weighted by atomic mass is 32.2. The lowest BCUT2D eigenvalue weighted by Gasteiger charge is -2.10. The number of rotatable bonds is 5. The van der Waals surface area contributed by atoms with Crippen molar-refractivity contribution in [1.29, 1.82) is 0 Å². The van der Waals surface area contributed by atoms with Crippen molar-refractivity contribution in [2.45, 2.75) is 13.8 Å². The van der Waals surface area contributed by atoms with Crippen LogP contribution in [0.4, 0.5) is 0 Å². The fourth-order valence-electron chi connectivity index (χ4n) is 1.73. The van der Waals surface area contributed by atoms with Crippen LogP contribution in [0.5, 0.6) is 11.5 Å². The predicted octanol–water partition coefficient (Wildman–Crippen LogP) is 2.97. The maximum Gasteiger partial charge on any atom is 0.263 e. The molecule has 0 aromatic heterocycles. The molecule has 1 fully saturated rings. The second-order valence-corrected chi connectivity index (χ2v) is 5.64. The summed E-state index contributed by atoms with van der Waals surface area (Å²) in [4.78, 5) is 12.2. The molecule has 4 nitrogen and oxygen atoms in total. The van der Waals surface area contributed by atoms with Gasteiger partial charge in [-0.2, -0.15) is 0 Å². The quantitative estimate of drug-likeness (QED) is 0.669. The van der Waals surface area contributed by atoms with Gasteiger partial charge in [0.05, 0.1) is 18.1 Å². The summed E-state index contributed by atoms with van der Waals surface area (Å²) in [6, 6.07) is 5.56. The zero-order valence-corrected chi connectivity index (χ0v) is 12.9. The highest BCUT2D eigenvalue weighted by Gasteiger charge is 2.22. The van der Waals surface area contributed by atoms with Crippen LogP contribution in [0.25, 0.3) is 6.08 Å². The molecular weight excluding hydrogens is 294 g/mol. The predicted molar refractivity (Wildman–Crippen MR) is 85.1 cm³/mol. The highest BCUT2D eigenvalue weighted by molar-refractivity contribution is 8.26. The Balaban J connectivity index is 2.33. The van der Waals surface area contributed by atoms with Crippen molar-refractivity contribution in [1.82, 2.24) is 5.32 Å². The number of thioether (sulfide) groups is 1. The highest BCUT2D eigenvalue weighted by Crippen LogP contribution is 2.31. The molecule has 0 saturated carbocycles. The summed E-state index contributed by atoms with van der Waals surface area (Å²) in [7, 11) is 0. The van der Waals surface area contributed by atoms with Crippen molar-refractivity contribution in [3.63, 3.8) is 0 Å². The lowest BCUT2D eigenvalue weighted by Crippen LogP contribution is -2.17. The molecule has 1 aromatic carbocycles. The lowest BCUT2D eigenvalue weighted by atomic mass is 10.1. The first-order valence-corrected chi connectivity index (χ1v) is 7.51. The topological polar surface area (TPSA) is 47.6 Å². The molecule has 0 atom stereocenters. The molecular formula is C14H15NO3S2. The number of carbonyl (C=O) groups excluding carboxylic acids is 1. The van der Waals surface area contributed by atoms with E-state index in [1.165, 1.54) is 11.8 Å². The molecule has 20 heavy (non-hydrogen) atoms. The third kappa shape index (κ3) is 3.52. The Kier molecular flexibility index (Phi) is 5.03. The van der Waals surface area contributed by atoms with Crippen molar-refractivity contribution in [2.75, 3.05) is 13.2 Å². The molecule has 1 amide bonds. The fourth-order valence-corrected chi connectivity index (χ4v) is 2.77. The molecule has 0 bridgehead atoms. The number of amides is 1. The summed E-state index contributed by atoms with van der Waals surface area (Å²) in [5, 5.41) is 2.59.